The Morgan fingerprint density at radius 2 is 1.58 bits per heavy atom. The Kier molecular flexibility index (Phi) is 4.67. The number of methoxy groups -OCH3 is 2. The number of benzene rings is 2. The number of rotatable bonds is 5. The first-order valence-corrected chi connectivity index (χ1v) is 8.15. The smallest absolute Gasteiger partial charge is 0.301 e. The largest absolute Gasteiger partial charge is 0.502 e. The molecule has 0 saturated carbocycles. The normalized spacial score (nSPS) is 14.2. The second kappa shape index (κ2) is 6.92. The fourth-order valence-corrected chi connectivity index (χ4v) is 2.89. The zero-order chi connectivity index (χ0) is 18.8. The zero-order valence-corrected chi connectivity index (χ0v) is 14.8. The van der Waals surface area contributed by atoms with Crippen LogP contribution in [0.5, 0.6) is 11.5 Å². The van der Waals surface area contributed by atoms with E-state index in [1.807, 2.05) is 19.1 Å². The van der Waals surface area contributed by atoms with Crippen LogP contribution in [0.15, 0.2) is 48.2 Å². The van der Waals surface area contributed by atoms with Crippen molar-refractivity contribution in [2.24, 2.45) is 0 Å². The van der Waals surface area contributed by atoms with Crippen LogP contribution in [0.25, 0.3) is 5.57 Å². The standard InChI is InChI=1S/C20H19NO5/c1-4-12-5-8-14(9-6-12)21-19(23)17(18(22)20(21)24)13-7-10-15(25-2)16(11-13)26-3/h5-11,22H,4H2,1-3H3. The Labute approximate surface area is 151 Å². The quantitative estimate of drug-likeness (QED) is 0.836. The summed E-state index contributed by atoms with van der Waals surface area (Å²) in [4.78, 5) is 26.3. The number of hydrogen-bond acceptors (Lipinski definition) is 5. The van der Waals surface area contributed by atoms with Crippen molar-refractivity contribution < 1.29 is 24.2 Å². The van der Waals surface area contributed by atoms with Gasteiger partial charge in [-0.3, -0.25) is 9.59 Å². The van der Waals surface area contributed by atoms with E-state index in [4.69, 9.17) is 9.47 Å². The molecule has 0 aromatic heterocycles. The molecule has 1 N–H and O–H groups in total. The van der Waals surface area contributed by atoms with E-state index >= 15 is 0 Å². The van der Waals surface area contributed by atoms with Gasteiger partial charge in [-0.15, -0.1) is 0 Å². The lowest BCUT2D eigenvalue weighted by Crippen LogP contribution is -2.31. The second-order valence-corrected chi connectivity index (χ2v) is 5.76. The summed E-state index contributed by atoms with van der Waals surface area (Å²) in [5.41, 5.74) is 1.83. The van der Waals surface area contributed by atoms with Crippen LogP contribution < -0.4 is 14.4 Å². The molecule has 134 valence electrons. The van der Waals surface area contributed by atoms with Gasteiger partial charge in [0.1, 0.15) is 0 Å². The van der Waals surface area contributed by atoms with Crippen molar-refractivity contribution in [1.29, 1.82) is 0 Å². The number of hydrogen-bond donors (Lipinski definition) is 1. The third-order valence-electron chi connectivity index (χ3n) is 4.33. The van der Waals surface area contributed by atoms with Crippen LogP contribution in [0.3, 0.4) is 0 Å². The van der Waals surface area contributed by atoms with Gasteiger partial charge < -0.3 is 14.6 Å². The molecule has 0 radical (unpaired) electrons. The SMILES string of the molecule is CCc1ccc(N2C(=O)C(O)=C(c3ccc(OC)c(OC)c3)C2=O)cc1. The van der Waals surface area contributed by atoms with Crippen LogP contribution >= 0.6 is 0 Å². The van der Waals surface area contributed by atoms with E-state index in [0.29, 0.717) is 22.7 Å². The maximum atomic E-state index is 12.9. The number of carbonyl (C=O) groups excluding carboxylic acids is 2. The number of imide groups is 1. The molecule has 2 aromatic carbocycles. The first-order chi connectivity index (χ1) is 12.5. The van der Waals surface area contributed by atoms with E-state index in [9.17, 15) is 14.7 Å². The molecule has 0 spiro atoms. The number of aliphatic hydroxyl groups is 1. The maximum absolute atomic E-state index is 12.9. The molecule has 1 aliphatic rings. The highest BCUT2D eigenvalue weighted by Gasteiger charge is 2.40. The van der Waals surface area contributed by atoms with Crippen molar-refractivity contribution in [3.63, 3.8) is 0 Å². The number of nitrogens with zero attached hydrogens (tertiary/aromatic N) is 1. The van der Waals surface area contributed by atoms with Crippen LogP contribution in [-0.4, -0.2) is 31.1 Å². The molecule has 0 fully saturated rings. The average Bonchev–Trinajstić information content (AvgIpc) is 2.90. The summed E-state index contributed by atoms with van der Waals surface area (Å²) in [7, 11) is 2.97. The third-order valence-corrected chi connectivity index (χ3v) is 4.33. The Morgan fingerprint density at radius 1 is 0.923 bits per heavy atom. The third kappa shape index (κ3) is 2.79. The van der Waals surface area contributed by atoms with Gasteiger partial charge >= 0.3 is 5.91 Å². The number of anilines is 1. The molecule has 3 rings (SSSR count). The number of carbonyl (C=O) groups is 2. The zero-order valence-electron chi connectivity index (χ0n) is 14.8. The van der Waals surface area contributed by atoms with Gasteiger partial charge in [0.05, 0.1) is 25.5 Å². The minimum Gasteiger partial charge on any atom is -0.502 e. The van der Waals surface area contributed by atoms with Crippen LogP contribution in [0.1, 0.15) is 18.1 Å². The summed E-state index contributed by atoms with van der Waals surface area (Å²) in [5.74, 6) is -1.02. The lowest BCUT2D eigenvalue weighted by atomic mass is 10.0. The summed E-state index contributed by atoms with van der Waals surface area (Å²) in [6.45, 7) is 2.02. The summed E-state index contributed by atoms with van der Waals surface area (Å²) >= 11 is 0. The Hall–Kier alpha value is -3.28. The van der Waals surface area contributed by atoms with Crippen molar-refractivity contribution in [3.05, 3.63) is 59.4 Å². The van der Waals surface area contributed by atoms with E-state index in [1.165, 1.54) is 14.2 Å². The monoisotopic (exact) mass is 353 g/mol. The van der Waals surface area contributed by atoms with Gasteiger partial charge in [0.2, 0.25) is 0 Å². The Morgan fingerprint density at radius 3 is 2.15 bits per heavy atom. The van der Waals surface area contributed by atoms with Crippen molar-refractivity contribution >= 4 is 23.1 Å². The predicted molar refractivity (Wildman–Crippen MR) is 97.4 cm³/mol. The first-order valence-electron chi connectivity index (χ1n) is 8.15. The summed E-state index contributed by atoms with van der Waals surface area (Å²) in [6.07, 6.45) is 0.850. The highest BCUT2D eigenvalue weighted by Crippen LogP contribution is 2.36. The summed E-state index contributed by atoms with van der Waals surface area (Å²) < 4.78 is 10.4. The van der Waals surface area contributed by atoms with Crippen LogP contribution in [0, 0.1) is 0 Å². The number of ether oxygens (including phenoxy) is 2. The van der Waals surface area contributed by atoms with Crippen molar-refractivity contribution in [2.45, 2.75) is 13.3 Å². The van der Waals surface area contributed by atoms with E-state index < -0.39 is 17.6 Å². The first kappa shape index (κ1) is 17.5. The van der Waals surface area contributed by atoms with Gasteiger partial charge in [-0.2, -0.15) is 0 Å². The molecule has 6 nitrogen and oxygen atoms in total. The van der Waals surface area contributed by atoms with Gasteiger partial charge in [-0.05, 0) is 41.8 Å². The molecule has 1 aliphatic heterocycles. The molecule has 0 unspecified atom stereocenters. The number of aryl methyl sites for hydroxylation is 1. The summed E-state index contributed by atoms with van der Waals surface area (Å²) in [5, 5.41) is 10.3. The lowest BCUT2D eigenvalue weighted by Gasteiger charge is -2.15. The summed E-state index contributed by atoms with van der Waals surface area (Å²) in [6, 6.07) is 11.9. The van der Waals surface area contributed by atoms with Crippen LogP contribution in [0.4, 0.5) is 5.69 Å². The minimum atomic E-state index is -0.746. The van der Waals surface area contributed by atoms with E-state index in [-0.39, 0.29) is 5.57 Å². The van der Waals surface area contributed by atoms with Crippen molar-refractivity contribution in [3.8, 4) is 11.5 Å². The Balaban J connectivity index is 2.01. The average molecular weight is 353 g/mol. The number of aliphatic hydroxyl groups excluding tert-OH is 1. The van der Waals surface area contributed by atoms with Gasteiger partial charge in [0, 0.05) is 0 Å². The fraction of sp³-hybridized carbons (Fsp3) is 0.200. The maximum Gasteiger partial charge on any atom is 0.301 e. The van der Waals surface area contributed by atoms with Gasteiger partial charge in [0.15, 0.2) is 17.3 Å². The van der Waals surface area contributed by atoms with Crippen molar-refractivity contribution in [2.75, 3.05) is 19.1 Å². The lowest BCUT2D eigenvalue weighted by molar-refractivity contribution is -0.121. The molecule has 2 aromatic rings. The second-order valence-electron chi connectivity index (χ2n) is 5.76. The topological polar surface area (TPSA) is 76.1 Å². The highest BCUT2D eigenvalue weighted by molar-refractivity contribution is 6.44. The van der Waals surface area contributed by atoms with Gasteiger partial charge in [-0.25, -0.2) is 4.90 Å². The predicted octanol–water partition coefficient (Wildman–Crippen LogP) is 3.11. The molecule has 6 heteroatoms. The number of amides is 2. The molecule has 1 heterocycles. The molecule has 0 aliphatic carbocycles. The van der Waals surface area contributed by atoms with Crippen molar-refractivity contribution in [1.82, 2.24) is 0 Å². The minimum absolute atomic E-state index is 0.0597. The van der Waals surface area contributed by atoms with E-state index in [2.05, 4.69) is 0 Å². The van der Waals surface area contributed by atoms with Crippen LogP contribution in [-0.2, 0) is 16.0 Å². The van der Waals surface area contributed by atoms with E-state index in [1.54, 1.807) is 30.3 Å². The van der Waals surface area contributed by atoms with Gasteiger partial charge in [0.25, 0.3) is 5.91 Å². The van der Waals surface area contributed by atoms with E-state index in [0.717, 1.165) is 16.9 Å². The molecule has 2 amide bonds. The molecule has 0 atom stereocenters. The molecule has 26 heavy (non-hydrogen) atoms. The molecule has 0 saturated heterocycles. The highest BCUT2D eigenvalue weighted by atomic mass is 16.5. The Bertz CT molecular complexity index is 899. The molecule has 0 bridgehead atoms. The molecular weight excluding hydrogens is 334 g/mol. The molecular formula is C20H19NO5. The van der Waals surface area contributed by atoms with Crippen LogP contribution in [0.2, 0.25) is 0 Å². The van der Waals surface area contributed by atoms with Gasteiger partial charge in [-0.1, -0.05) is 25.1 Å². The fourth-order valence-electron chi connectivity index (χ4n) is 2.89.